The smallest absolute Gasteiger partial charge is 0.232 e. The van der Waals surface area contributed by atoms with E-state index in [4.69, 9.17) is 23.2 Å². The molecule has 1 saturated heterocycles. The fourth-order valence-electron chi connectivity index (χ4n) is 2.75. The Morgan fingerprint density at radius 2 is 2.00 bits per heavy atom. The molecular weight excluding hydrogens is 313 g/mol. The molecule has 0 spiro atoms. The van der Waals surface area contributed by atoms with Crippen LogP contribution < -0.4 is 0 Å². The van der Waals surface area contributed by atoms with Gasteiger partial charge in [-0.2, -0.15) is 11.8 Å². The second kappa shape index (κ2) is 5.11. The zero-order valence-electron chi connectivity index (χ0n) is 11.3. The Hall–Kier alpha value is -0.380. The normalized spacial score (nSPS) is 31.9. The van der Waals surface area contributed by atoms with Crippen LogP contribution in [0.5, 0.6) is 0 Å². The van der Waals surface area contributed by atoms with Crippen molar-refractivity contribution in [2.75, 3.05) is 18.1 Å². The first-order chi connectivity index (χ1) is 9.46. The van der Waals surface area contributed by atoms with Gasteiger partial charge in [-0.25, -0.2) is 0 Å². The average Bonchev–Trinajstić information content (AvgIpc) is 2.99. The molecule has 108 valence electrons. The van der Waals surface area contributed by atoms with E-state index < -0.39 is 9.75 Å². The highest BCUT2D eigenvalue weighted by atomic mass is 35.5. The van der Waals surface area contributed by atoms with Crippen molar-refractivity contribution in [2.24, 2.45) is 5.41 Å². The minimum Gasteiger partial charge on any atom is -0.333 e. The van der Waals surface area contributed by atoms with Gasteiger partial charge in [0.15, 0.2) is 0 Å². The summed E-state index contributed by atoms with van der Waals surface area (Å²) in [4.78, 5) is 14.8. The molecule has 2 aliphatic rings. The fourth-order valence-corrected chi connectivity index (χ4v) is 4.53. The van der Waals surface area contributed by atoms with Gasteiger partial charge in [-0.05, 0) is 18.9 Å². The topological polar surface area (TPSA) is 20.3 Å². The Morgan fingerprint density at radius 3 is 2.60 bits per heavy atom. The average molecular weight is 330 g/mol. The summed E-state index contributed by atoms with van der Waals surface area (Å²) >= 11 is 14.2. The van der Waals surface area contributed by atoms with E-state index in [0.29, 0.717) is 6.42 Å². The van der Waals surface area contributed by atoms with Crippen molar-refractivity contribution in [3.63, 3.8) is 0 Å². The number of thioether (sulfide) groups is 1. The predicted molar refractivity (Wildman–Crippen MR) is 85.4 cm³/mol. The van der Waals surface area contributed by atoms with Crippen LogP contribution in [0, 0.1) is 5.41 Å². The number of hydrogen-bond donors (Lipinski definition) is 0. The van der Waals surface area contributed by atoms with Crippen LogP contribution >= 0.6 is 35.0 Å². The Balaban J connectivity index is 1.85. The molecule has 0 aromatic heterocycles. The monoisotopic (exact) mass is 329 g/mol. The second-order valence-electron chi connectivity index (χ2n) is 5.71. The summed E-state index contributed by atoms with van der Waals surface area (Å²) in [5, 5.41) is 0. The molecule has 1 aromatic carbocycles. The van der Waals surface area contributed by atoms with Gasteiger partial charge in [0.25, 0.3) is 0 Å². The molecule has 1 amide bonds. The molecule has 0 radical (unpaired) electrons. The molecule has 2 fully saturated rings. The lowest BCUT2D eigenvalue weighted by Crippen LogP contribution is -2.45. The van der Waals surface area contributed by atoms with E-state index in [1.165, 1.54) is 5.56 Å². The minimum atomic E-state index is -0.893. The molecule has 1 saturated carbocycles. The van der Waals surface area contributed by atoms with Crippen LogP contribution in [-0.4, -0.2) is 33.2 Å². The van der Waals surface area contributed by atoms with Gasteiger partial charge in [-0.1, -0.05) is 30.3 Å². The van der Waals surface area contributed by atoms with Gasteiger partial charge < -0.3 is 4.90 Å². The molecule has 5 heteroatoms. The summed E-state index contributed by atoms with van der Waals surface area (Å²) in [6, 6.07) is 10.3. The second-order valence-corrected chi connectivity index (χ2v) is 8.35. The number of nitrogens with zero attached hydrogens (tertiary/aromatic N) is 1. The van der Waals surface area contributed by atoms with Crippen LogP contribution in [0.25, 0.3) is 0 Å². The molecule has 1 aromatic rings. The number of amides is 1. The SMILES string of the molecule is C[C@]1(C(=O)N2CCSC[C@H]2c2ccccc2)CC1(Cl)Cl. The maximum absolute atomic E-state index is 12.8. The summed E-state index contributed by atoms with van der Waals surface area (Å²) in [7, 11) is 0. The Kier molecular flexibility index (Phi) is 3.72. The standard InChI is InChI=1S/C15H17Cl2NOS/c1-14(10-15(14,16)17)13(19)18-7-8-20-9-12(18)11-5-3-2-4-6-11/h2-6,12H,7-10H2,1H3/t12-,14+/m0/s1. The number of carbonyl (C=O) groups is 1. The molecule has 1 aliphatic carbocycles. The summed E-state index contributed by atoms with van der Waals surface area (Å²) < 4.78 is -0.893. The Labute approximate surface area is 133 Å². The first-order valence-electron chi connectivity index (χ1n) is 6.77. The van der Waals surface area contributed by atoms with Crippen LogP contribution in [0.15, 0.2) is 30.3 Å². The van der Waals surface area contributed by atoms with Gasteiger partial charge in [0.2, 0.25) is 5.91 Å². The molecule has 2 nitrogen and oxygen atoms in total. The zero-order chi connectivity index (χ0) is 14.4. The number of carbonyl (C=O) groups excluding carboxylic acids is 1. The van der Waals surface area contributed by atoms with E-state index in [0.717, 1.165) is 18.1 Å². The van der Waals surface area contributed by atoms with E-state index in [2.05, 4.69) is 12.1 Å². The largest absolute Gasteiger partial charge is 0.333 e. The van der Waals surface area contributed by atoms with Gasteiger partial charge in [0.1, 0.15) is 4.33 Å². The van der Waals surface area contributed by atoms with Crippen molar-refractivity contribution in [3.05, 3.63) is 35.9 Å². The summed E-state index contributed by atoms with van der Waals surface area (Å²) in [6.45, 7) is 2.64. The molecule has 0 bridgehead atoms. The first kappa shape index (κ1) is 14.6. The lowest BCUT2D eigenvalue weighted by Gasteiger charge is -2.37. The van der Waals surface area contributed by atoms with E-state index >= 15 is 0 Å². The lowest BCUT2D eigenvalue weighted by atomic mass is 10.0. The van der Waals surface area contributed by atoms with Crippen molar-refractivity contribution < 1.29 is 4.79 Å². The van der Waals surface area contributed by atoms with Crippen LogP contribution in [0.4, 0.5) is 0 Å². The van der Waals surface area contributed by atoms with Crippen molar-refractivity contribution in [2.45, 2.75) is 23.7 Å². The predicted octanol–water partition coefficient (Wildman–Crippen LogP) is 3.89. The first-order valence-corrected chi connectivity index (χ1v) is 8.68. The molecule has 3 rings (SSSR count). The lowest BCUT2D eigenvalue weighted by molar-refractivity contribution is -0.138. The molecule has 1 aliphatic heterocycles. The third-order valence-corrected chi connectivity index (χ3v) is 6.43. The van der Waals surface area contributed by atoms with Gasteiger partial charge in [0, 0.05) is 18.1 Å². The molecule has 2 atom stereocenters. The third kappa shape index (κ3) is 2.34. The van der Waals surface area contributed by atoms with Crippen LogP contribution in [0.3, 0.4) is 0 Å². The third-order valence-electron chi connectivity index (χ3n) is 4.30. The Morgan fingerprint density at radius 1 is 1.35 bits per heavy atom. The fraction of sp³-hybridized carbons (Fsp3) is 0.533. The van der Waals surface area contributed by atoms with Crippen molar-refractivity contribution in [3.8, 4) is 0 Å². The Bertz CT molecular complexity index is 522. The van der Waals surface area contributed by atoms with Gasteiger partial charge in [-0.3, -0.25) is 4.79 Å². The maximum Gasteiger partial charge on any atom is 0.232 e. The van der Waals surface area contributed by atoms with E-state index in [9.17, 15) is 4.79 Å². The molecule has 0 N–H and O–H groups in total. The van der Waals surface area contributed by atoms with Crippen LogP contribution in [0.1, 0.15) is 24.9 Å². The van der Waals surface area contributed by atoms with Crippen LogP contribution in [-0.2, 0) is 4.79 Å². The molecule has 0 unspecified atom stereocenters. The molecule has 1 heterocycles. The van der Waals surface area contributed by atoms with E-state index in [-0.39, 0.29) is 11.9 Å². The van der Waals surface area contributed by atoms with Crippen LogP contribution in [0.2, 0.25) is 0 Å². The highest BCUT2D eigenvalue weighted by molar-refractivity contribution is 7.99. The van der Waals surface area contributed by atoms with Gasteiger partial charge >= 0.3 is 0 Å². The summed E-state index contributed by atoms with van der Waals surface area (Å²) in [6.07, 6.45) is 0.549. The van der Waals surface area contributed by atoms with Gasteiger partial charge in [0.05, 0.1) is 11.5 Å². The molecule has 20 heavy (non-hydrogen) atoms. The maximum atomic E-state index is 12.8. The minimum absolute atomic E-state index is 0.0941. The number of benzene rings is 1. The quantitative estimate of drug-likeness (QED) is 0.767. The van der Waals surface area contributed by atoms with Crippen molar-refractivity contribution in [1.29, 1.82) is 0 Å². The van der Waals surface area contributed by atoms with Crippen molar-refractivity contribution >= 4 is 40.9 Å². The number of rotatable bonds is 2. The van der Waals surface area contributed by atoms with Crippen molar-refractivity contribution in [1.82, 2.24) is 4.90 Å². The number of alkyl halides is 2. The summed E-state index contributed by atoms with van der Waals surface area (Å²) in [5.74, 6) is 2.00. The van der Waals surface area contributed by atoms with E-state index in [1.54, 1.807) is 0 Å². The number of halogens is 2. The highest BCUT2D eigenvalue weighted by Crippen LogP contribution is 2.65. The summed E-state index contributed by atoms with van der Waals surface area (Å²) in [5.41, 5.74) is 0.567. The number of hydrogen-bond acceptors (Lipinski definition) is 2. The van der Waals surface area contributed by atoms with Gasteiger partial charge in [-0.15, -0.1) is 23.2 Å². The molecular formula is C15H17Cl2NOS. The zero-order valence-corrected chi connectivity index (χ0v) is 13.6. The highest BCUT2D eigenvalue weighted by Gasteiger charge is 2.69. The van der Waals surface area contributed by atoms with E-state index in [1.807, 2.05) is 41.8 Å².